The maximum absolute atomic E-state index is 12.2. The summed E-state index contributed by atoms with van der Waals surface area (Å²) in [5, 5.41) is 11.2. The minimum absolute atomic E-state index is 0.449. The molecule has 0 amide bonds. The summed E-state index contributed by atoms with van der Waals surface area (Å²) in [6.45, 7) is -0.962. The minimum Gasteiger partial charge on any atom is -0.270 e. The Bertz CT molecular complexity index is 424. The van der Waals surface area contributed by atoms with E-state index in [4.69, 9.17) is 5.26 Å². The Labute approximate surface area is 91.2 Å². The van der Waals surface area contributed by atoms with Crippen LogP contribution in [-0.4, -0.2) is 16.0 Å². The van der Waals surface area contributed by atoms with E-state index in [1.54, 1.807) is 0 Å². The van der Waals surface area contributed by atoms with Crippen LogP contribution >= 0.6 is 0 Å². The van der Waals surface area contributed by atoms with Gasteiger partial charge in [-0.2, -0.15) is 36.7 Å². The van der Waals surface area contributed by atoms with Crippen molar-refractivity contribution in [2.24, 2.45) is 5.92 Å². The number of halogens is 6. The topological polar surface area (TPSA) is 41.6 Å². The Balaban J connectivity index is 2.83. The predicted octanol–water partition coefficient (Wildman–Crippen LogP) is 2.60. The van der Waals surface area contributed by atoms with Crippen LogP contribution in [0.15, 0.2) is 12.3 Å². The lowest BCUT2D eigenvalue weighted by Gasteiger charge is -2.12. The molecule has 0 fully saturated rings. The van der Waals surface area contributed by atoms with Gasteiger partial charge in [-0.05, 0) is 6.07 Å². The van der Waals surface area contributed by atoms with Gasteiger partial charge in [0.15, 0.2) is 11.6 Å². The number of nitrogens with zero attached hydrogens (tertiary/aromatic N) is 3. The molecule has 1 rings (SSSR count). The SMILES string of the molecule is N#CC(Cn1ccc(C(F)(F)F)n1)C(F)(F)F. The minimum atomic E-state index is -4.79. The van der Waals surface area contributed by atoms with Gasteiger partial charge < -0.3 is 0 Å². The summed E-state index contributed by atoms with van der Waals surface area (Å²) in [6.07, 6.45) is -8.76. The van der Waals surface area contributed by atoms with Crippen LogP contribution in [0.3, 0.4) is 0 Å². The van der Waals surface area contributed by atoms with Gasteiger partial charge in [0.05, 0.1) is 12.6 Å². The first-order chi connectivity index (χ1) is 7.64. The molecular formula is C8H5F6N3. The highest BCUT2D eigenvalue weighted by molar-refractivity contribution is 5.03. The fourth-order valence-electron chi connectivity index (χ4n) is 1.02. The number of aromatic nitrogens is 2. The molecule has 0 aromatic carbocycles. The standard InChI is InChI=1S/C8H5F6N3/c9-7(10,11)5(3-15)4-17-2-1-6(16-17)8(12,13)14/h1-2,5H,4H2. The van der Waals surface area contributed by atoms with E-state index in [2.05, 4.69) is 5.10 Å². The van der Waals surface area contributed by atoms with Gasteiger partial charge in [0.2, 0.25) is 0 Å². The zero-order chi connectivity index (χ0) is 13.3. The molecule has 1 atom stereocenters. The van der Waals surface area contributed by atoms with E-state index in [0.29, 0.717) is 10.7 Å². The molecule has 0 aliphatic heterocycles. The Morgan fingerprint density at radius 2 is 1.88 bits per heavy atom. The van der Waals surface area contributed by atoms with Crippen molar-refractivity contribution in [2.75, 3.05) is 0 Å². The van der Waals surface area contributed by atoms with Crippen molar-refractivity contribution in [2.45, 2.75) is 18.9 Å². The molecule has 1 aromatic heterocycles. The third-order valence-corrected chi connectivity index (χ3v) is 1.85. The van der Waals surface area contributed by atoms with Crippen LogP contribution in [0.25, 0.3) is 0 Å². The Kier molecular flexibility index (Phi) is 3.35. The number of rotatable bonds is 2. The lowest BCUT2D eigenvalue weighted by atomic mass is 10.1. The first kappa shape index (κ1) is 13.3. The highest BCUT2D eigenvalue weighted by Gasteiger charge is 2.41. The molecule has 1 heterocycles. The van der Waals surface area contributed by atoms with E-state index < -0.39 is 30.5 Å². The largest absolute Gasteiger partial charge is 0.435 e. The van der Waals surface area contributed by atoms with Gasteiger partial charge in [0.25, 0.3) is 0 Å². The molecule has 1 aromatic rings. The normalized spacial score (nSPS) is 14.4. The van der Waals surface area contributed by atoms with Crippen molar-refractivity contribution >= 4 is 0 Å². The van der Waals surface area contributed by atoms with E-state index in [9.17, 15) is 26.3 Å². The van der Waals surface area contributed by atoms with Crippen LogP contribution in [0, 0.1) is 17.2 Å². The van der Waals surface area contributed by atoms with Crippen LogP contribution in [0.2, 0.25) is 0 Å². The molecule has 0 saturated heterocycles. The van der Waals surface area contributed by atoms with E-state index in [-0.39, 0.29) is 0 Å². The molecule has 0 radical (unpaired) electrons. The fraction of sp³-hybridized carbons (Fsp3) is 0.500. The Hall–Kier alpha value is -1.72. The van der Waals surface area contributed by atoms with Gasteiger partial charge in [0, 0.05) is 6.20 Å². The molecule has 3 nitrogen and oxygen atoms in total. The molecule has 0 spiro atoms. The van der Waals surface area contributed by atoms with Crippen molar-refractivity contribution in [1.29, 1.82) is 5.26 Å². The van der Waals surface area contributed by atoms with Crippen molar-refractivity contribution in [3.8, 4) is 6.07 Å². The van der Waals surface area contributed by atoms with Gasteiger partial charge in [0.1, 0.15) is 0 Å². The van der Waals surface area contributed by atoms with Gasteiger partial charge in [-0.25, -0.2) is 0 Å². The summed E-state index contributed by atoms with van der Waals surface area (Å²) in [4.78, 5) is 0. The van der Waals surface area contributed by atoms with E-state index in [0.717, 1.165) is 12.3 Å². The van der Waals surface area contributed by atoms with Crippen LogP contribution in [-0.2, 0) is 12.7 Å². The first-order valence-electron chi connectivity index (χ1n) is 4.21. The molecule has 1 unspecified atom stereocenters. The number of nitriles is 1. The van der Waals surface area contributed by atoms with Crippen LogP contribution in [0.5, 0.6) is 0 Å². The monoisotopic (exact) mass is 257 g/mol. The Morgan fingerprint density at radius 1 is 1.29 bits per heavy atom. The third kappa shape index (κ3) is 3.37. The third-order valence-electron chi connectivity index (χ3n) is 1.85. The lowest BCUT2D eigenvalue weighted by molar-refractivity contribution is -0.162. The smallest absolute Gasteiger partial charge is 0.270 e. The first-order valence-corrected chi connectivity index (χ1v) is 4.21. The van der Waals surface area contributed by atoms with Gasteiger partial charge in [-0.15, -0.1) is 0 Å². The maximum atomic E-state index is 12.2. The number of hydrogen-bond donors (Lipinski definition) is 0. The Morgan fingerprint density at radius 3 is 2.24 bits per heavy atom. The highest BCUT2D eigenvalue weighted by atomic mass is 19.4. The lowest BCUT2D eigenvalue weighted by Crippen LogP contribution is -2.26. The molecule has 0 N–H and O–H groups in total. The molecule has 0 aliphatic carbocycles. The molecule has 0 bridgehead atoms. The fourth-order valence-corrected chi connectivity index (χ4v) is 1.02. The second-order valence-corrected chi connectivity index (χ2v) is 3.14. The van der Waals surface area contributed by atoms with Crippen molar-refractivity contribution < 1.29 is 26.3 Å². The summed E-state index contributed by atoms with van der Waals surface area (Å²) in [5.74, 6) is -2.39. The van der Waals surface area contributed by atoms with E-state index in [1.807, 2.05) is 0 Å². The zero-order valence-corrected chi connectivity index (χ0v) is 8.05. The van der Waals surface area contributed by atoms with Gasteiger partial charge in [-0.3, -0.25) is 4.68 Å². The molecular weight excluding hydrogens is 252 g/mol. The highest BCUT2D eigenvalue weighted by Crippen LogP contribution is 2.29. The average molecular weight is 257 g/mol. The maximum Gasteiger partial charge on any atom is 0.435 e. The van der Waals surface area contributed by atoms with E-state index in [1.165, 1.54) is 0 Å². The molecule has 94 valence electrons. The average Bonchev–Trinajstić information content (AvgIpc) is 2.59. The summed E-state index contributed by atoms with van der Waals surface area (Å²) in [6, 6.07) is 1.52. The summed E-state index contributed by atoms with van der Waals surface area (Å²) < 4.78 is 73.2. The zero-order valence-electron chi connectivity index (χ0n) is 8.05. The summed E-state index contributed by atoms with van der Waals surface area (Å²) in [5.41, 5.74) is -1.30. The predicted molar refractivity (Wildman–Crippen MR) is 42.4 cm³/mol. The van der Waals surface area contributed by atoms with Crippen LogP contribution in [0.1, 0.15) is 5.69 Å². The summed E-state index contributed by atoms with van der Waals surface area (Å²) in [7, 11) is 0. The van der Waals surface area contributed by atoms with Crippen LogP contribution < -0.4 is 0 Å². The molecule has 0 aliphatic rings. The number of hydrogen-bond acceptors (Lipinski definition) is 2. The quantitative estimate of drug-likeness (QED) is 0.764. The number of alkyl halides is 6. The van der Waals surface area contributed by atoms with Crippen LogP contribution in [0.4, 0.5) is 26.3 Å². The van der Waals surface area contributed by atoms with Crippen molar-refractivity contribution in [3.05, 3.63) is 18.0 Å². The molecule has 0 saturated carbocycles. The second kappa shape index (κ2) is 4.27. The van der Waals surface area contributed by atoms with Crippen molar-refractivity contribution in [3.63, 3.8) is 0 Å². The van der Waals surface area contributed by atoms with Crippen molar-refractivity contribution in [1.82, 2.24) is 9.78 Å². The van der Waals surface area contributed by atoms with E-state index >= 15 is 0 Å². The summed E-state index contributed by atoms with van der Waals surface area (Å²) >= 11 is 0. The second-order valence-electron chi connectivity index (χ2n) is 3.14. The van der Waals surface area contributed by atoms with Gasteiger partial charge >= 0.3 is 12.4 Å². The molecule has 17 heavy (non-hydrogen) atoms. The molecule has 9 heteroatoms. The van der Waals surface area contributed by atoms with Gasteiger partial charge in [-0.1, -0.05) is 0 Å².